The summed E-state index contributed by atoms with van der Waals surface area (Å²) in [6.07, 6.45) is 34.2. The molecule has 2 aromatic rings. The molecule has 1 aliphatic heterocycles. The molecule has 1 heterocycles. The molecule has 0 spiro atoms. The smallest absolute Gasteiger partial charge is 0.756 e. The molecule has 0 amide bonds. The van der Waals surface area contributed by atoms with Gasteiger partial charge >= 0.3 is 83.0 Å². The van der Waals surface area contributed by atoms with Gasteiger partial charge in [0.15, 0.2) is 12.2 Å². The molecule has 0 saturated carbocycles. The molecule has 101 heavy (non-hydrogen) atoms. The molecule has 5 unspecified atom stereocenters. The third kappa shape index (κ3) is 54.2. The number of nitrogens with zero attached hydrogens (tertiary/aromatic N) is 2. The van der Waals surface area contributed by atoms with Crippen molar-refractivity contribution in [3.8, 4) is 0 Å². The van der Waals surface area contributed by atoms with Gasteiger partial charge in [0.25, 0.3) is 15.6 Å². The van der Waals surface area contributed by atoms with Gasteiger partial charge in [-0.15, -0.1) is 12.4 Å². The van der Waals surface area contributed by atoms with Gasteiger partial charge in [0.05, 0.1) is 37.8 Å². The van der Waals surface area contributed by atoms with Crippen LogP contribution in [0.3, 0.4) is 0 Å². The number of carbonyl (C=O) groups is 4. The second-order valence-corrected chi connectivity index (χ2v) is 30.3. The summed E-state index contributed by atoms with van der Waals surface area (Å²) in [6, 6.07) is 18.0. The molecule has 0 aromatic heterocycles. The van der Waals surface area contributed by atoms with Crippen LogP contribution in [-0.4, -0.2) is 118 Å². The number of phosphoric ester groups is 2. The van der Waals surface area contributed by atoms with Gasteiger partial charge in [-0.25, -0.2) is 0 Å². The largest absolute Gasteiger partial charge is 1.00 e. The van der Waals surface area contributed by atoms with Crippen LogP contribution in [0.1, 0.15) is 305 Å². The van der Waals surface area contributed by atoms with E-state index in [1.165, 1.54) is 124 Å². The van der Waals surface area contributed by atoms with Crippen molar-refractivity contribution in [3.05, 3.63) is 48.5 Å². The molecular formula is C76H133ClN2Na2O17P2S. The molecule has 0 radical (unpaired) electrons. The van der Waals surface area contributed by atoms with Crippen LogP contribution < -0.4 is 73.8 Å². The maximum atomic E-state index is 12.8. The van der Waals surface area contributed by atoms with Crippen LogP contribution >= 0.6 is 39.8 Å². The zero-order valence-electron chi connectivity index (χ0n) is 64.2. The van der Waals surface area contributed by atoms with Gasteiger partial charge in [0, 0.05) is 48.1 Å². The van der Waals surface area contributed by atoms with E-state index >= 15 is 0 Å². The van der Waals surface area contributed by atoms with Crippen LogP contribution in [0.25, 0.3) is 0 Å². The number of anilines is 2. The van der Waals surface area contributed by atoms with Crippen LogP contribution in [0, 0.1) is 0 Å². The van der Waals surface area contributed by atoms with Gasteiger partial charge in [-0.05, 0) is 70.0 Å². The summed E-state index contributed by atoms with van der Waals surface area (Å²) in [7, 11) is -10.4. The summed E-state index contributed by atoms with van der Waals surface area (Å²) in [5.41, 5.74) is 2.68. The van der Waals surface area contributed by atoms with Crippen molar-refractivity contribution >= 4 is 75.1 Å². The van der Waals surface area contributed by atoms with E-state index < -0.39 is 97.5 Å². The van der Waals surface area contributed by atoms with E-state index in [0.29, 0.717) is 31.7 Å². The monoisotopic (exact) mass is 1520 g/mol. The van der Waals surface area contributed by atoms with Crippen molar-refractivity contribution in [2.45, 2.75) is 339 Å². The number of halogens is 1. The minimum atomic E-state index is -5.20. The van der Waals surface area contributed by atoms with Crippen LogP contribution in [0.4, 0.5) is 11.4 Å². The van der Waals surface area contributed by atoms with Crippen molar-refractivity contribution in [2.75, 3.05) is 64.2 Å². The number of aliphatic hydroxyl groups is 1. The average Bonchev–Trinajstić information content (AvgIpc) is 0.777. The number of hydrogen-bond acceptors (Lipinski definition) is 20. The first-order valence-corrected chi connectivity index (χ1v) is 42.1. The second kappa shape index (κ2) is 67.0. The third-order valence-electron chi connectivity index (χ3n) is 17.5. The Morgan fingerprint density at radius 1 is 0.426 bits per heavy atom. The first kappa shape index (κ1) is 102. The molecule has 3 rings (SSSR count). The quantitative estimate of drug-likeness (QED) is 0.0212. The minimum absolute atomic E-state index is 0. The Labute approximate surface area is 666 Å². The number of benzene rings is 2. The van der Waals surface area contributed by atoms with Gasteiger partial charge in [-0.2, -0.15) is 0 Å². The zero-order chi connectivity index (χ0) is 71.8. The SMILES string of the molecule is CCCCCCCCCCCC(=O)OCC(COP(=O)([O-])OCC(O)COP(=O)([O-])OCC(COC(=O)CCCCCCCCCCC)OC(=O)CCCCCCCCCCC)OC(=O)CCCCCCCCCCC.CCN(CC)C(C)CN1c2ccccc2Sc2ccccc21.Cl.[Na+].[Na+]. The Balaban J connectivity index is 0. The van der Waals surface area contributed by atoms with Gasteiger partial charge in [-0.3, -0.25) is 33.2 Å². The van der Waals surface area contributed by atoms with Gasteiger partial charge < -0.3 is 56.8 Å². The molecule has 1 N–H and O–H groups in total. The van der Waals surface area contributed by atoms with Gasteiger partial charge in [0.1, 0.15) is 19.3 Å². The fourth-order valence-corrected chi connectivity index (χ4v) is 14.2. The molecule has 574 valence electrons. The third-order valence-corrected chi connectivity index (χ3v) is 20.5. The summed E-state index contributed by atoms with van der Waals surface area (Å²) >= 11 is 1.88. The molecule has 1 aliphatic rings. The van der Waals surface area contributed by atoms with E-state index in [1.807, 2.05) is 11.8 Å². The molecule has 0 fully saturated rings. The fraction of sp³-hybridized carbons (Fsp3) is 0.789. The standard InChI is InChI=1S/C57H110O17P2.C19H24N2S.ClH.2Na/c1-5-9-13-17-21-25-29-33-37-41-54(59)67-47-52(73-56(61)43-39-35-31-27-23-19-15-11-7-3)49-71-75(63,64)69-45-51(58)46-70-76(65,66)72-50-53(74-57(62)44-40-36-32-28-24-20-16-12-8-4)48-68-55(60)42-38-34-30-26-22-18-14-10-6-2;1-4-20(5-2)15(3)14-21-16-10-6-8-12-18(16)22-19-13-9-7-11-17(19)21;;;/h51-53,58H,5-50H2,1-4H3,(H,63,64)(H,65,66);6-13,15H,4-5,14H2,1-3H3;1H;;/q;;;2*+1/p-2. The second-order valence-electron chi connectivity index (χ2n) is 26.4. The number of para-hydroxylation sites is 2. The summed E-state index contributed by atoms with van der Waals surface area (Å²) in [6.45, 7) is 14.4. The topological polar surface area (TPSA) is 249 Å². The summed E-state index contributed by atoms with van der Waals surface area (Å²) < 4.78 is 66.7. The van der Waals surface area contributed by atoms with Gasteiger partial charge in [0.2, 0.25) is 0 Å². The predicted octanol–water partition coefficient (Wildman–Crippen LogP) is 13.4. The Kier molecular flexibility index (Phi) is 67.7. The van der Waals surface area contributed by atoms with Crippen LogP contribution in [-0.2, 0) is 65.4 Å². The Morgan fingerprint density at radius 3 is 0.990 bits per heavy atom. The normalized spacial score (nSPS) is 14.0. The number of phosphoric acid groups is 2. The molecule has 0 saturated heterocycles. The van der Waals surface area contributed by atoms with Gasteiger partial charge in [-0.1, -0.05) is 283 Å². The number of ether oxygens (including phenoxy) is 4. The predicted molar refractivity (Wildman–Crippen MR) is 398 cm³/mol. The summed E-state index contributed by atoms with van der Waals surface area (Å²) in [4.78, 5) is 84.0. The number of carbonyl (C=O) groups excluding carboxylic acids is 4. The Bertz CT molecular complexity index is 2310. The van der Waals surface area contributed by atoms with Crippen molar-refractivity contribution in [3.63, 3.8) is 0 Å². The van der Waals surface area contributed by atoms with Crippen LogP contribution in [0.2, 0.25) is 0 Å². The molecule has 25 heteroatoms. The van der Waals surface area contributed by atoms with E-state index in [2.05, 4.69) is 107 Å². The molecular weight excluding hydrogens is 1390 g/mol. The summed E-state index contributed by atoms with van der Waals surface area (Å²) in [5, 5.41) is 10.4. The first-order chi connectivity index (χ1) is 47.4. The molecule has 5 atom stereocenters. The maximum absolute atomic E-state index is 12.8. The fourth-order valence-electron chi connectivity index (χ4n) is 11.6. The number of rotatable bonds is 63. The van der Waals surface area contributed by atoms with Crippen molar-refractivity contribution in [1.29, 1.82) is 0 Å². The van der Waals surface area contributed by atoms with E-state index in [0.717, 1.165) is 122 Å². The van der Waals surface area contributed by atoms with Crippen molar-refractivity contribution < 1.29 is 139 Å². The van der Waals surface area contributed by atoms with E-state index in [9.17, 15) is 43.2 Å². The van der Waals surface area contributed by atoms with E-state index in [-0.39, 0.29) is 97.2 Å². The molecule has 2 aromatic carbocycles. The Hall–Kier alpha value is -1.10. The zero-order valence-corrected chi connectivity index (χ0v) is 71.6. The van der Waals surface area contributed by atoms with E-state index in [1.54, 1.807) is 0 Å². The van der Waals surface area contributed by atoms with Crippen LogP contribution in [0.15, 0.2) is 58.3 Å². The first-order valence-electron chi connectivity index (χ1n) is 38.4. The number of fused-ring (bicyclic) bond motifs is 2. The maximum Gasteiger partial charge on any atom is 1.00 e. The number of unbranched alkanes of at least 4 members (excludes halogenated alkanes) is 32. The molecule has 0 bridgehead atoms. The summed E-state index contributed by atoms with van der Waals surface area (Å²) in [5.74, 6) is -2.24. The van der Waals surface area contributed by atoms with Crippen LogP contribution in [0.5, 0.6) is 0 Å². The number of esters is 4. The number of hydrogen-bond donors (Lipinski definition) is 1. The number of likely N-dealkylation sites (N-methyl/N-ethyl adjacent to an activating group) is 1. The average molecular weight is 1520 g/mol. The molecule has 0 aliphatic carbocycles. The van der Waals surface area contributed by atoms with E-state index in [4.69, 9.17) is 37.0 Å². The minimum Gasteiger partial charge on any atom is -0.756 e. The Morgan fingerprint density at radius 2 is 0.693 bits per heavy atom. The van der Waals surface area contributed by atoms with Crippen molar-refractivity contribution in [2.24, 2.45) is 0 Å². The molecule has 19 nitrogen and oxygen atoms in total. The van der Waals surface area contributed by atoms with Crippen molar-refractivity contribution in [1.82, 2.24) is 4.90 Å². The number of aliphatic hydroxyl groups excluding tert-OH is 1.